The number of nitrogens with zero attached hydrogens (tertiary/aromatic N) is 1. The van der Waals surface area contributed by atoms with E-state index in [1.165, 1.54) is 24.3 Å². The first kappa shape index (κ1) is 31.5. The molecule has 2 aliphatic rings. The molecule has 3 aromatic carbocycles. The number of piperidine rings is 1. The minimum absolute atomic E-state index is 0.167. The highest BCUT2D eigenvalue weighted by Crippen LogP contribution is 2.35. The van der Waals surface area contributed by atoms with Gasteiger partial charge in [-0.15, -0.1) is 0 Å². The molecule has 1 N–H and O–H groups in total. The predicted molar refractivity (Wildman–Crippen MR) is 153 cm³/mol. The lowest BCUT2D eigenvalue weighted by Gasteiger charge is -2.34. The number of carbonyl (C=O) groups excluding carboxylic acids is 2. The van der Waals surface area contributed by atoms with Crippen LogP contribution < -0.4 is 19.5 Å². The number of ether oxygens (including phenoxy) is 4. The second-order valence-electron chi connectivity index (χ2n) is 11.1. The largest absolute Gasteiger partial charge is 0.493 e. The van der Waals surface area contributed by atoms with E-state index in [9.17, 15) is 22.8 Å². The maximum atomic E-state index is 13.3. The smallest absolute Gasteiger partial charge is 0.410 e. The number of carbonyl (C=O) groups is 2. The van der Waals surface area contributed by atoms with E-state index >= 15 is 0 Å². The zero-order chi connectivity index (χ0) is 31.0. The van der Waals surface area contributed by atoms with Gasteiger partial charge in [0.1, 0.15) is 28.8 Å². The molecular weight excluding hydrogens is 565 g/mol. The minimum Gasteiger partial charge on any atom is -0.493 e. The second-order valence-corrected chi connectivity index (χ2v) is 11.1. The van der Waals surface area contributed by atoms with Gasteiger partial charge in [-0.2, -0.15) is 0 Å². The Morgan fingerprint density at radius 3 is 2.37 bits per heavy atom. The van der Waals surface area contributed by atoms with Crippen LogP contribution in [0.5, 0.6) is 17.2 Å². The van der Waals surface area contributed by atoms with Crippen LogP contribution in [0, 0.1) is 23.4 Å². The average Bonchev–Trinajstić information content (AvgIpc) is 3.44. The van der Waals surface area contributed by atoms with Crippen LogP contribution in [0.4, 0.5) is 18.0 Å². The monoisotopic (exact) mass is 600 g/mol. The van der Waals surface area contributed by atoms with Gasteiger partial charge >= 0.3 is 6.09 Å². The topological polar surface area (TPSA) is 86.3 Å². The van der Waals surface area contributed by atoms with Gasteiger partial charge in [0.15, 0.2) is 11.5 Å². The van der Waals surface area contributed by atoms with E-state index in [0.717, 1.165) is 49.1 Å². The summed E-state index contributed by atoms with van der Waals surface area (Å²) in [5, 5.41) is 2.28. The van der Waals surface area contributed by atoms with Crippen molar-refractivity contribution >= 4 is 12.0 Å². The van der Waals surface area contributed by atoms with Crippen LogP contribution in [-0.2, 0) is 11.3 Å². The number of halogens is 3. The minimum atomic E-state index is -0.756. The molecule has 2 aliphatic heterocycles. The fourth-order valence-corrected chi connectivity index (χ4v) is 4.48. The highest BCUT2D eigenvalue weighted by Gasteiger charge is 2.28. The third-order valence-electron chi connectivity index (χ3n) is 6.61. The fraction of sp³-hybridized carbons (Fsp3) is 0.375. The standard InChI is InChI=1S/C18H25NO5.C14H10F3NO/c1-18(2,3)24-17(20)19-8-4-5-13(10-19)11-21-14-6-7-15-16(9-14)23-12-22-15;15-11-5-2-1-4-9(11)14(19)18-8-10-12(16)6-3-7-13(10)17/h6-7,9,13H,4-5,8,10-12H2,1-3H3;1-7H,8H2,(H,18,19). The molecule has 0 spiro atoms. The SMILES string of the molecule is CC(C)(C)OC(=O)N1CCCC(COc2ccc3c(c2)OCO3)C1.O=C(NCc1c(F)cccc1F)c1ccccc1F. The summed E-state index contributed by atoms with van der Waals surface area (Å²) in [6.45, 7) is 7.55. The summed E-state index contributed by atoms with van der Waals surface area (Å²) in [5.41, 5.74) is -0.890. The van der Waals surface area contributed by atoms with Crippen LogP contribution in [-0.4, -0.2) is 49.0 Å². The summed E-state index contributed by atoms with van der Waals surface area (Å²) in [7, 11) is 0. The Labute approximate surface area is 248 Å². The molecule has 1 unspecified atom stereocenters. The number of benzene rings is 3. The lowest BCUT2D eigenvalue weighted by Crippen LogP contribution is -2.44. The number of rotatable bonds is 6. The van der Waals surface area contributed by atoms with Crippen LogP contribution >= 0.6 is 0 Å². The zero-order valence-electron chi connectivity index (χ0n) is 24.3. The Morgan fingerprint density at radius 1 is 0.953 bits per heavy atom. The van der Waals surface area contributed by atoms with Crippen molar-refractivity contribution < 1.29 is 41.7 Å². The first-order chi connectivity index (χ1) is 20.5. The summed E-state index contributed by atoms with van der Waals surface area (Å²) in [4.78, 5) is 25.6. The van der Waals surface area contributed by atoms with Crippen LogP contribution in [0.15, 0.2) is 60.7 Å². The van der Waals surface area contributed by atoms with Gasteiger partial charge in [0.05, 0.1) is 12.2 Å². The van der Waals surface area contributed by atoms with Gasteiger partial charge in [0.2, 0.25) is 6.79 Å². The third kappa shape index (κ3) is 9.04. The predicted octanol–water partition coefficient (Wildman–Crippen LogP) is 6.48. The van der Waals surface area contributed by atoms with Gasteiger partial charge in [-0.05, 0) is 70.0 Å². The Kier molecular flexibility index (Phi) is 10.4. The van der Waals surface area contributed by atoms with Gasteiger partial charge in [-0.3, -0.25) is 4.79 Å². The molecule has 0 radical (unpaired) electrons. The van der Waals surface area contributed by atoms with E-state index in [1.54, 1.807) is 4.90 Å². The molecule has 1 fully saturated rings. The lowest BCUT2D eigenvalue weighted by molar-refractivity contribution is 0.0139. The lowest BCUT2D eigenvalue weighted by atomic mass is 9.99. The molecule has 2 heterocycles. The zero-order valence-corrected chi connectivity index (χ0v) is 24.3. The maximum Gasteiger partial charge on any atom is 0.410 e. The summed E-state index contributed by atoms with van der Waals surface area (Å²) in [6.07, 6.45) is 1.77. The molecule has 43 heavy (non-hydrogen) atoms. The third-order valence-corrected chi connectivity index (χ3v) is 6.61. The van der Waals surface area contributed by atoms with Crippen molar-refractivity contribution in [1.82, 2.24) is 10.2 Å². The maximum absolute atomic E-state index is 13.3. The summed E-state index contributed by atoms with van der Waals surface area (Å²) >= 11 is 0. The molecule has 0 saturated carbocycles. The molecule has 8 nitrogen and oxygen atoms in total. The molecule has 0 bridgehead atoms. The Bertz CT molecular complexity index is 1410. The number of hydrogen-bond acceptors (Lipinski definition) is 6. The molecule has 11 heteroatoms. The van der Waals surface area contributed by atoms with Crippen LogP contribution in [0.3, 0.4) is 0 Å². The fourth-order valence-electron chi connectivity index (χ4n) is 4.48. The molecular formula is C32H35F3N2O6. The number of likely N-dealkylation sites (tertiary alicyclic amines) is 1. The van der Waals surface area contributed by atoms with Gasteiger partial charge < -0.3 is 29.2 Å². The van der Waals surface area contributed by atoms with Gasteiger partial charge in [0, 0.05) is 37.2 Å². The van der Waals surface area contributed by atoms with Crippen LogP contribution in [0.1, 0.15) is 49.5 Å². The first-order valence-electron chi connectivity index (χ1n) is 14.0. The average molecular weight is 601 g/mol. The van der Waals surface area contributed by atoms with E-state index in [2.05, 4.69) is 5.32 Å². The molecule has 1 saturated heterocycles. The molecule has 0 aliphatic carbocycles. The van der Waals surface area contributed by atoms with E-state index in [0.29, 0.717) is 24.8 Å². The van der Waals surface area contributed by atoms with Crippen molar-refractivity contribution in [2.45, 2.75) is 45.8 Å². The van der Waals surface area contributed by atoms with Crippen molar-refractivity contribution in [3.05, 3.63) is 89.2 Å². The Morgan fingerprint density at radius 2 is 1.65 bits per heavy atom. The van der Waals surface area contributed by atoms with E-state index in [1.807, 2.05) is 39.0 Å². The van der Waals surface area contributed by atoms with Crippen molar-refractivity contribution in [1.29, 1.82) is 0 Å². The first-order valence-corrected chi connectivity index (χ1v) is 14.0. The van der Waals surface area contributed by atoms with E-state index < -0.39 is 29.0 Å². The second kappa shape index (κ2) is 14.2. The Balaban J connectivity index is 0.000000203. The van der Waals surface area contributed by atoms with Crippen molar-refractivity contribution in [2.24, 2.45) is 5.92 Å². The molecule has 1 atom stereocenters. The molecule has 2 amide bonds. The van der Waals surface area contributed by atoms with E-state index in [4.69, 9.17) is 18.9 Å². The molecule has 5 rings (SSSR count). The number of nitrogens with one attached hydrogen (secondary N) is 1. The quantitative estimate of drug-likeness (QED) is 0.349. The van der Waals surface area contributed by atoms with Crippen LogP contribution in [0.2, 0.25) is 0 Å². The van der Waals surface area contributed by atoms with Crippen molar-refractivity contribution in [2.75, 3.05) is 26.5 Å². The van der Waals surface area contributed by atoms with E-state index in [-0.39, 0.29) is 30.6 Å². The number of fused-ring (bicyclic) bond motifs is 1. The van der Waals surface area contributed by atoms with Crippen molar-refractivity contribution in [3.8, 4) is 17.2 Å². The molecule has 3 aromatic rings. The Hall–Kier alpha value is -4.41. The summed E-state index contributed by atoms with van der Waals surface area (Å²) in [5.74, 6) is -0.398. The van der Waals surface area contributed by atoms with Crippen molar-refractivity contribution in [3.63, 3.8) is 0 Å². The number of amides is 2. The van der Waals surface area contributed by atoms with Gasteiger partial charge in [-0.1, -0.05) is 18.2 Å². The van der Waals surface area contributed by atoms with Gasteiger partial charge in [0.25, 0.3) is 5.91 Å². The number of hydrogen-bond donors (Lipinski definition) is 1. The highest BCUT2D eigenvalue weighted by atomic mass is 19.1. The highest BCUT2D eigenvalue weighted by molar-refractivity contribution is 5.94. The summed E-state index contributed by atoms with van der Waals surface area (Å²) in [6, 6.07) is 14.4. The summed E-state index contributed by atoms with van der Waals surface area (Å²) < 4.78 is 61.9. The normalized spacial score (nSPS) is 15.7. The molecule has 230 valence electrons. The van der Waals surface area contributed by atoms with Gasteiger partial charge in [-0.25, -0.2) is 18.0 Å². The molecule has 0 aromatic heterocycles. The van der Waals surface area contributed by atoms with Crippen LogP contribution in [0.25, 0.3) is 0 Å².